The molecule has 1 aromatic carbocycles. The summed E-state index contributed by atoms with van der Waals surface area (Å²) in [5, 5.41) is 21.4. The van der Waals surface area contributed by atoms with Crippen molar-refractivity contribution < 1.29 is 4.79 Å². The second kappa shape index (κ2) is 9.31. The van der Waals surface area contributed by atoms with Gasteiger partial charge in [-0.15, -0.1) is 10.2 Å². The normalized spacial score (nSPS) is 14.0. The Kier molecular flexibility index (Phi) is 6.76. The Bertz CT molecular complexity index is 1100. The second-order valence-electron chi connectivity index (χ2n) is 7.88. The minimum atomic E-state index is -0.933. The molecule has 1 amide bonds. The number of nitrogens with one attached hydrogen (secondary N) is 1. The zero-order valence-corrected chi connectivity index (χ0v) is 19.1. The number of aryl methyl sites for hydroxylation is 1. The predicted molar refractivity (Wildman–Crippen MR) is 122 cm³/mol. The van der Waals surface area contributed by atoms with Gasteiger partial charge in [-0.25, -0.2) is 0 Å². The minimum absolute atomic E-state index is 0.0208. The van der Waals surface area contributed by atoms with E-state index in [1.807, 2.05) is 61.7 Å². The van der Waals surface area contributed by atoms with Gasteiger partial charge in [0.05, 0.1) is 17.0 Å². The van der Waals surface area contributed by atoms with Crippen LogP contribution in [-0.2, 0) is 4.79 Å². The van der Waals surface area contributed by atoms with E-state index in [9.17, 15) is 10.1 Å². The zero-order valence-electron chi connectivity index (χ0n) is 18.3. The van der Waals surface area contributed by atoms with E-state index in [0.29, 0.717) is 11.0 Å². The molecule has 2 atom stereocenters. The van der Waals surface area contributed by atoms with Crippen LogP contribution in [0.1, 0.15) is 33.3 Å². The van der Waals surface area contributed by atoms with Crippen molar-refractivity contribution in [1.82, 2.24) is 25.1 Å². The highest BCUT2D eigenvalue weighted by molar-refractivity contribution is 8.00. The van der Waals surface area contributed by atoms with Crippen LogP contribution in [0.3, 0.4) is 0 Å². The van der Waals surface area contributed by atoms with E-state index < -0.39 is 10.8 Å². The van der Waals surface area contributed by atoms with Gasteiger partial charge in [0.1, 0.15) is 5.54 Å². The lowest BCUT2D eigenvalue weighted by atomic mass is 9.90. The average molecular weight is 435 g/mol. The third-order valence-corrected chi connectivity index (χ3v) is 6.39. The summed E-state index contributed by atoms with van der Waals surface area (Å²) in [6.45, 7) is 9.40. The highest BCUT2D eigenvalue weighted by Crippen LogP contribution is 2.31. The van der Waals surface area contributed by atoms with Crippen LogP contribution in [0.2, 0.25) is 0 Å². The second-order valence-corrected chi connectivity index (χ2v) is 9.19. The molecule has 160 valence electrons. The molecule has 3 rings (SSSR count). The molecule has 0 saturated carbocycles. The number of hydrogen-bond donors (Lipinski definition) is 1. The van der Waals surface area contributed by atoms with Gasteiger partial charge in [-0.2, -0.15) is 5.26 Å². The fourth-order valence-corrected chi connectivity index (χ4v) is 3.80. The average Bonchev–Trinajstić information content (AvgIpc) is 3.17. The van der Waals surface area contributed by atoms with E-state index in [1.165, 1.54) is 11.8 Å². The topological polar surface area (TPSA) is 96.5 Å². The minimum Gasteiger partial charge on any atom is -0.337 e. The number of benzene rings is 1. The molecule has 2 aromatic heterocycles. The van der Waals surface area contributed by atoms with Crippen molar-refractivity contribution in [3.63, 3.8) is 0 Å². The molecule has 7 nitrogen and oxygen atoms in total. The molecule has 0 radical (unpaired) electrons. The number of carbonyl (C=O) groups excluding carboxylic acids is 1. The van der Waals surface area contributed by atoms with E-state index in [-0.39, 0.29) is 11.8 Å². The fraction of sp³-hybridized carbons (Fsp3) is 0.348. The molecule has 1 N–H and O–H groups in total. The molecular weight excluding hydrogens is 408 g/mol. The summed E-state index contributed by atoms with van der Waals surface area (Å²) in [6, 6.07) is 13.9. The van der Waals surface area contributed by atoms with Crippen LogP contribution >= 0.6 is 11.8 Å². The van der Waals surface area contributed by atoms with E-state index in [2.05, 4.69) is 26.6 Å². The molecule has 3 aromatic rings. The number of hydrogen-bond acceptors (Lipinski definition) is 6. The Morgan fingerprint density at radius 2 is 1.84 bits per heavy atom. The standard InChI is InChI=1S/C23H26N6OS/c1-15(2)23(5,14-24)26-21(30)17(4)31-22-28-27-20(18-10-12-25-13-11-18)29(22)19-9-7-6-8-16(19)3/h6-13,15,17H,1-5H3,(H,26,30). The molecule has 0 bridgehead atoms. The van der Waals surface area contributed by atoms with Crippen LogP contribution in [0.5, 0.6) is 0 Å². The fourth-order valence-electron chi connectivity index (χ4n) is 2.94. The lowest BCUT2D eigenvalue weighted by molar-refractivity contribution is -0.121. The Hall–Kier alpha value is -3.18. The summed E-state index contributed by atoms with van der Waals surface area (Å²) >= 11 is 1.31. The van der Waals surface area contributed by atoms with Crippen molar-refractivity contribution in [2.45, 2.75) is 50.6 Å². The summed E-state index contributed by atoms with van der Waals surface area (Å²) in [6.07, 6.45) is 3.42. The highest BCUT2D eigenvalue weighted by atomic mass is 32.2. The van der Waals surface area contributed by atoms with Crippen LogP contribution in [0, 0.1) is 24.2 Å². The summed E-state index contributed by atoms with van der Waals surface area (Å²) in [4.78, 5) is 17.0. The quantitative estimate of drug-likeness (QED) is 0.561. The lowest BCUT2D eigenvalue weighted by Crippen LogP contribution is -2.51. The number of pyridine rings is 1. The van der Waals surface area contributed by atoms with Gasteiger partial charge in [0.25, 0.3) is 0 Å². The summed E-state index contributed by atoms with van der Waals surface area (Å²) < 4.78 is 1.96. The largest absolute Gasteiger partial charge is 0.337 e. The van der Waals surface area contributed by atoms with Gasteiger partial charge in [0.2, 0.25) is 5.91 Å². The van der Waals surface area contributed by atoms with E-state index >= 15 is 0 Å². The maximum absolute atomic E-state index is 12.9. The van der Waals surface area contributed by atoms with Gasteiger partial charge in [-0.05, 0) is 50.5 Å². The molecule has 0 aliphatic carbocycles. The molecule has 0 aliphatic heterocycles. The third-order valence-electron chi connectivity index (χ3n) is 5.35. The van der Waals surface area contributed by atoms with E-state index in [1.54, 1.807) is 26.2 Å². The molecule has 2 unspecified atom stereocenters. The van der Waals surface area contributed by atoms with Crippen molar-refractivity contribution in [1.29, 1.82) is 5.26 Å². The van der Waals surface area contributed by atoms with Crippen molar-refractivity contribution in [2.24, 2.45) is 5.92 Å². The third kappa shape index (κ3) is 4.78. The van der Waals surface area contributed by atoms with Crippen LogP contribution in [-0.4, -0.2) is 36.4 Å². The van der Waals surface area contributed by atoms with Gasteiger partial charge >= 0.3 is 0 Å². The Balaban J connectivity index is 1.97. The van der Waals surface area contributed by atoms with Crippen molar-refractivity contribution in [3.8, 4) is 23.1 Å². The highest BCUT2D eigenvalue weighted by Gasteiger charge is 2.32. The molecule has 0 aliphatic rings. The molecule has 0 saturated heterocycles. The van der Waals surface area contributed by atoms with Gasteiger partial charge < -0.3 is 5.32 Å². The smallest absolute Gasteiger partial charge is 0.234 e. The van der Waals surface area contributed by atoms with Crippen LogP contribution in [0.25, 0.3) is 17.1 Å². The Morgan fingerprint density at radius 1 is 1.16 bits per heavy atom. The molecule has 8 heteroatoms. The van der Waals surface area contributed by atoms with Crippen molar-refractivity contribution >= 4 is 17.7 Å². The zero-order chi connectivity index (χ0) is 22.6. The number of aromatic nitrogens is 4. The predicted octanol–water partition coefficient (Wildman–Crippen LogP) is 4.17. The first-order valence-electron chi connectivity index (χ1n) is 10.1. The first-order valence-corrected chi connectivity index (χ1v) is 11.0. The number of thioether (sulfide) groups is 1. The monoisotopic (exact) mass is 434 g/mol. The molecule has 31 heavy (non-hydrogen) atoms. The van der Waals surface area contributed by atoms with Crippen molar-refractivity contribution in [2.75, 3.05) is 0 Å². The van der Waals surface area contributed by atoms with Gasteiger partial charge in [-0.1, -0.05) is 43.8 Å². The van der Waals surface area contributed by atoms with Gasteiger partial charge in [0, 0.05) is 18.0 Å². The summed E-state index contributed by atoms with van der Waals surface area (Å²) in [5.74, 6) is 0.441. The van der Waals surface area contributed by atoms with Crippen LogP contribution in [0.15, 0.2) is 53.9 Å². The van der Waals surface area contributed by atoms with Gasteiger partial charge in [-0.3, -0.25) is 14.3 Å². The van der Waals surface area contributed by atoms with Gasteiger partial charge in [0.15, 0.2) is 11.0 Å². The first-order chi connectivity index (χ1) is 14.8. The van der Waals surface area contributed by atoms with E-state index in [4.69, 9.17) is 0 Å². The number of nitrogens with zero attached hydrogens (tertiary/aromatic N) is 5. The number of carbonyl (C=O) groups is 1. The van der Waals surface area contributed by atoms with E-state index in [0.717, 1.165) is 16.8 Å². The SMILES string of the molecule is Cc1ccccc1-n1c(SC(C)C(=O)NC(C)(C#N)C(C)C)nnc1-c1ccncc1. The molecule has 0 fully saturated rings. The van der Waals surface area contributed by atoms with Crippen LogP contribution < -0.4 is 5.32 Å². The first kappa shape index (κ1) is 22.5. The number of amides is 1. The molecule has 0 spiro atoms. The number of nitriles is 1. The maximum Gasteiger partial charge on any atom is 0.234 e. The summed E-state index contributed by atoms with van der Waals surface area (Å²) in [5.41, 5.74) is 1.95. The molecular formula is C23H26N6OS. The van der Waals surface area contributed by atoms with Crippen molar-refractivity contribution in [3.05, 3.63) is 54.4 Å². The Morgan fingerprint density at radius 3 is 2.45 bits per heavy atom. The Labute approximate surface area is 186 Å². The molecule has 2 heterocycles. The lowest BCUT2D eigenvalue weighted by Gasteiger charge is -2.28. The number of rotatable bonds is 7. The summed E-state index contributed by atoms with van der Waals surface area (Å²) in [7, 11) is 0. The van der Waals surface area contributed by atoms with Crippen LogP contribution in [0.4, 0.5) is 0 Å². The maximum atomic E-state index is 12.9. The number of para-hydroxylation sites is 1.